The minimum absolute atomic E-state index is 0.0892. The fraction of sp³-hybridized carbons (Fsp3) is 0.143. The Kier molecular flexibility index (Phi) is 3.69. The quantitative estimate of drug-likeness (QED) is 0.620. The van der Waals surface area contributed by atoms with Gasteiger partial charge in [-0.3, -0.25) is 0 Å². The lowest BCUT2D eigenvalue weighted by molar-refractivity contribution is 0.300. The van der Waals surface area contributed by atoms with Gasteiger partial charge in [-0.25, -0.2) is 0 Å². The van der Waals surface area contributed by atoms with Gasteiger partial charge in [-0.15, -0.1) is 0 Å². The number of aliphatic hydroxyl groups is 1. The lowest BCUT2D eigenvalue weighted by Crippen LogP contribution is -1.99. The monoisotopic (exact) mass is 243 g/mol. The molecule has 2 rings (SSSR count). The van der Waals surface area contributed by atoms with E-state index in [4.69, 9.17) is 16.6 Å². The highest BCUT2D eigenvalue weighted by Gasteiger charge is 2.01. The highest BCUT2D eigenvalue weighted by molar-refractivity contribution is 5.66. The molecule has 0 radical (unpaired) electrons. The molecule has 0 bridgehead atoms. The van der Waals surface area contributed by atoms with Crippen molar-refractivity contribution in [3.63, 3.8) is 0 Å². The van der Waals surface area contributed by atoms with Crippen LogP contribution < -0.4 is 16.8 Å². The van der Waals surface area contributed by atoms with Gasteiger partial charge in [-0.2, -0.15) is 0 Å². The number of nitrogens with one attached hydrogen (secondary N) is 1. The molecule has 18 heavy (non-hydrogen) atoms. The minimum Gasteiger partial charge on any atom is -0.399 e. The maximum Gasteiger partial charge on any atom is 0.0472 e. The average molecular weight is 243 g/mol. The Morgan fingerprint density at radius 3 is 2.50 bits per heavy atom. The summed E-state index contributed by atoms with van der Waals surface area (Å²) in [6, 6.07) is 13.2. The van der Waals surface area contributed by atoms with Crippen LogP contribution in [0.2, 0.25) is 0 Å². The standard InChI is InChI=1S/C14H17N3O/c15-11-2-1-3-12(9-11)17-13-4-5-14(16)10(8-13)6-7-18/h1-5,8-9,17-18H,6-7,15-16H2. The molecule has 0 saturated heterocycles. The summed E-state index contributed by atoms with van der Waals surface area (Å²) < 4.78 is 0. The second-order valence-corrected chi connectivity index (χ2v) is 4.14. The van der Waals surface area contributed by atoms with Crippen LogP contribution in [-0.2, 0) is 6.42 Å². The van der Waals surface area contributed by atoms with Crippen molar-refractivity contribution in [2.45, 2.75) is 6.42 Å². The first-order chi connectivity index (χ1) is 8.69. The minimum atomic E-state index is 0.0892. The molecule has 94 valence electrons. The van der Waals surface area contributed by atoms with Crippen molar-refractivity contribution in [2.24, 2.45) is 0 Å². The van der Waals surface area contributed by atoms with Gasteiger partial charge in [-0.05, 0) is 48.4 Å². The van der Waals surface area contributed by atoms with Crippen molar-refractivity contribution in [2.75, 3.05) is 23.4 Å². The molecule has 0 aliphatic carbocycles. The molecule has 2 aromatic rings. The van der Waals surface area contributed by atoms with Crippen LogP contribution in [0.25, 0.3) is 0 Å². The third kappa shape index (κ3) is 2.93. The number of hydrogen-bond acceptors (Lipinski definition) is 4. The molecule has 0 unspecified atom stereocenters. The van der Waals surface area contributed by atoms with E-state index in [1.54, 1.807) is 0 Å². The molecule has 0 fully saturated rings. The van der Waals surface area contributed by atoms with E-state index in [0.29, 0.717) is 17.8 Å². The van der Waals surface area contributed by atoms with Crippen molar-refractivity contribution >= 4 is 22.7 Å². The first-order valence-corrected chi connectivity index (χ1v) is 5.81. The fourth-order valence-corrected chi connectivity index (χ4v) is 1.80. The van der Waals surface area contributed by atoms with Crippen molar-refractivity contribution in [1.82, 2.24) is 0 Å². The third-order valence-corrected chi connectivity index (χ3v) is 2.70. The predicted molar refractivity (Wildman–Crippen MR) is 75.8 cm³/mol. The highest BCUT2D eigenvalue weighted by Crippen LogP contribution is 2.22. The van der Waals surface area contributed by atoms with Gasteiger partial charge in [0, 0.05) is 29.4 Å². The second-order valence-electron chi connectivity index (χ2n) is 4.14. The van der Waals surface area contributed by atoms with Gasteiger partial charge in [-0.1, -0.05) is 6.07 Å². The molecule has 6 N–H and O–H groups in total. The van der Waals surface area contributed by atoms with Gasteiger partial charge in [0.05, 0.1) is 0 Å². The van der Waals surface area contributed by atoms with E-state index in [9.17, 15) is 0 Å². The molecule has 0 aromatic heterocycles. The van der Waals surface area contributed by atoms with E-state index in [1.165, 1.54) is 0 Å². The molecule has 0 amide bonds. The predicted octanol–water partition coefficient (Wildman–Crippen LogP) is 2.13. The summed E-state index contributed by atoms with van der Waals surface area (Å²) >= 11 is 0. The zero-order valence-corrected chi connectivity index (χ0v) is 10.1. The summed E-state index contributed by atoms with van der Waals surface area (Å²) in [5.41, 5.74) is 15.8. The molecule has 4 heteroatoms. The smallest absolute Gasteiger partial charge is 0.0472 e. The summed E-state index contributed by atoms with van der Waals surface area (Å²) in [5.74, 6) is 0. The largest absolute Gasteiger partial charge is 0.399 e. The first kappa shape index (κ1) is 12.3. The SMILES string of the molecule is Nc1cccc(Nc2ccc(N)c(CCO)c2)c1. The van der Waals surface area contributed by atoms with Gasteiger partial charge < -0.3 is 21.9 Å². The summed E-state index contributed by atoms with van der Waals surface area (Å²) in [6.07, 6.45) is 0.554. The number of anilines is 4. The number of nitrogen functional groups attached to an aromatic ring is 2. The average Bonchev–Trinajstić information content (AvgIpc) is 2.34. The number of nitrogens with two attached hydrogens (primary N) is 2. The maximum atomic E-state index is 8.97. The summed E-state index contributed by atoms with van der Waals surface area (Å²) in [4.78, 5) is 0. The number of benzene rings is 2. The molecule has 2 aromatic carbocycles. The van der Waals surface area contributed by atoms with E-state index < -0.39 is 0 Å². The molecule has 0 atom stereocenters. The van der Waals surface area contributed by atoms with Crippen LogP contribution in [0.15, 0.2) is 42.5 Å². The number of aliphatic hydroxyl groups excluding tert-OH is 1. The van der Waals surface area contributed by atoms with Gasteiger partial charge in [0.2, 0.25) is 0 Å². The van der Waals surface area contributed by atoms with Gasteiger partial charge in [0.1, 0.15) is 0 Å². The lowest BCUT2D eigenvalue weighted by atomic mass is 10.1. The Morgan fingerprint density at radius 1 is 1.00 bits per heavy atom. The van der Waals surface area contributed by atoms with Crippen molar-refractivity contribution in [3.05, 3.63) is 48.0 Å². The Balaban J connectivity index is 2.21. The lowest BCUT2D eigenvalue weighted by Gasteiger charge is -2.10. The number of rotatable bonds is 4. The molecule has 0 spiro atoms. The van der Waals surface area contributed by atoms with Gasteiger partial charge >= 0.3 is 0 Å². The zero-order valence-electron chi connectivity index (χ0n) is 10.1. The maximum absolute atomic E-state index is 8.97. The van der Waals surface area contributed by atoms with Crippen LogP contribution in [0.3, 0.4) is 0 Å². The topological polar surface area (TPSA) is 84.3 Å². The highest BCUT2D eigenvalue weighted by atomic mass is 16.2. The normalized spacial score (nSPS) is 10.3. The van der Waals surface area contributed by atoms with E-state index in [1.807, 2.05) is 42.5 Å². The third-order valence-electron chi connectivity index (χ3n) is 2.70. The number of hydrogen-bond donors (Lipinski definition) is 4. The van der Waals surface area contributed by atoms with Gasteiger partial charge in [0.15, 0.2) is 0 Å². The molecule has 0 aliphatic rings. The van der Waals surface area contributed by atoms with E-state index >= 15 is 0 Å². The van der Waals surface area contributed by atoms with E-state index in [0.717, 1.165) is 16.9 Å². The van der Waals surface area contributed by atoms with E-state index in [-0.39, 0.29) is 6.61 Å². The van der Waals surface area contributed by atoms with Crippen LogP contribution in [0.1, 0.15) is 5.56 Å². The van der Waals surface area contributed by atoms with Crippen LogP contribution in [0.5, 0.6) is 0 Å². The van der Waals surface area contributed by atoms with Crippen LogP contribution in [0, 0.1) is 0 Å². The second kappa shape index (κ2) is 5.42. The molecule has 0 aliphatic heterocycles. The Morgan fingerprint density at radius 2 is 1.78 bits per heavy atom. The Bertz CT molecular complexity index is 540. The molecular formula is C14H17N3O. The summed E-state index contributed by atoms with van der Waals surface area (Å²) in [7, 11) is 0. The zero-order chi connectivity index (χ0) is 13.0. The summed E-state index contributed by atoms with van der Waals surface area (Å²) in [5, 5.41) is 12.2. The van der Waals surface area contributed by atoms with Crippen LogP contribution >= 0.6 is 0 Å². The van der Waals surface area contributed by atoms with Crippen molar-refractivity contribution in [1.29, 1.82) is 0 Å². The van der Waals surface area contributed by atoms with Crippen molar-refractivity contribution < 1.29 is 5.11 Å². The molecule has 0 heterocycles. The van der Waals surface area contributed by atoms with Crippen molar-refractivity contribution in [3.8, 4) is 0 Å². The van der Waals surface area contributed by atoms with Crippen LogP contribution in [-0.4, -0.2) is 11.7 Å². The Hall–Kier alpha value is -2.20. The Labute approximate surface area is 106 Å². The molecular weight excluding hydrogens is 226 g/mol. The molecule has 0 saturated carbocycles. The summed E-state index contributed by atoms with van der Waals surface area (Å²) in [6.45, 7) is 0.0892. The van der Waals surface area contributed by atoms with Crippen LogP contribution in [0.4, 0.5) is 22.7 Å². The molecule has 4 nitrogen and oxygen atoms in total. The fourth-order valence-electron chi connectivity index (χ4n) is 1.80. The first-order valence-electron chi connectivity index (χ1n) is 5.81. The van der Waals surface area contributed by atoms with Gasteiger partial charge in [0.25, 0.3) is 0 Å². The van der Waals surface area contributed by atoms with E-state index in [2.05, 4.69) is 5.32 Å².